The monoisotopic (exact) mass is 773 g/mol. The van der Waals surface area contributed by atoms with E-state index in [2.05, 4.69) is 21.3 Å². The molecule has 0 aliphatic carbocycles. The molecule has 6 saturated heterocycles. The Balaban J connectivity index is 0.000000196. The van der Waals surface area contributed by atoms with Crippen molar-refractivity contribution in [3.63, 3.8) is 0 Å². The van der Waals surface area contributed by atoms with Crippen molar-refractivity contribution in [1.82, 2.24) is 9.80 Å². The van der Waals surface area contributed by atoms with Gasteiger partial charge < -0.3 is 59.6 Å². The summed E-state index contributed by atoms with van der Waals surface area (Å²) >= 11 is 0. The van der Waals surface area contributed by atoms with E-state index in [0.29, 0.717) is 0 Å². The van der Waals surface area contributed by atoms with E-state index in [9.17, 15) is 57.5 Å². The molecule has 0 aromatic carbocycles. The van der Waals surface area contributed by atoms with E-state index in [1.54, 1.807) is 6.92 Å². The first-order valence-electron chi connectivity index (χ1n) is 9.60. The average Bonchev–Trinajstić information content (AvgIpc) is 2.79. The molecule has 0 unspecified atom stereocenters. The minimum absolute atomic E-state index is 0. The van der Waals surface area contributed by atoms with Crippen molar-refractivity contribution in [2.45, 2.75) is 6.92 Å². The van der Waals surface area contributed by atoms with E-state index in [4.69, 9.17) is 0 Å². The zero-order valence-electron chi connectivity index (χ0n) is 18.8. The van der Waals surface area contributed by atoms with Crippen LogP contribution < -0.4 is 0 Å². The van der Waals surface area contributed by atoms with E-state index in [1.807, 2.05) is 0 Å². The Labute approximate surface area is 248 Å². The quantitative estimate of drug-likeness (QED) is 0.183. The summed E-state index contributed by atoms with van der Waals surface area (Å²) in [5, 5.41) is 11.4. The second kappa shape index (κ2) is 9.43. The predicted molar refractivity (Wildman–Crippen MR) is 101 cm³/mol. The molecule has 1 radical (unpaired) electrons. The SMILES string of the molecule is CCN1C(=O)C2(C(=O)[N-]C2=O)C1=O.CN1C(=O)C2(C(=O)[N-]C2=O)C1=O.O=C1[N-]C(=O)C12C(=O)[N-]C2=O.[W+2].[Y]. The van der Waals surface area contributed by atoms with Gasteiger partial charge in [-0.2, -0.15) is 0 Å². The first-order chi connectivity index (χ1) is 16.7. The Kier molecular flexibility index (Phi) is 7.66. The van der Waals surface area contributed by atoms with E-state index < -0.39 is 87.1 Å². The first-order valence-corrected chi connectivity index (χ1v) is 9.60. The topological polar surface area (TPSA) is 268 Å². The predicted octanol–water partition coefficient (Wildman–Crippen LogP) is -3.94. The summed E-state index contributed by atoms with van der Waals surface area (Å²) in [4.78, 5) is 132. The van der Waals surface area contributed by atoms with Crippen LogP contribution >= 0.6 is 0 Å². The molecule has 20 heteroatoms. The van der Waals surface area contributed by atoms with E-state index >= 15 is 0 Å². The molecular formula is C18H8N6O12WY-2. The molecule has 6 aliphatic rings. The molecule has 0 atom stereocenters. The summed E-state index contributed by atoms with van der Waals surface area (Å²) in [6, 6.07) is 0. The third-order valence-electron chi connectivity index (χ3n) is 6.08. The second-order valence-electron chi connectivity index (χ2n) is 7.66. The number of carbonyl (C=O) groups excluding carboxylic acids is 12. The van der Waals surface area contributed by atoms with E-state index in [-0.39, 0.29) is 60.3 Å². The Morgan fingerprint density at radius 3 is 0.895 bits per heavy atom. The van der Waals surface area contributed by atoms with Crippen LogP contribution in [0.5, 0.6) is 0 Å². The van der Waals surface area contributed by atoms with Crippen LogP contribution in [-0.4, -0.2) is 94.3 Å². The van der Waals surface area contributed by atoms with Gasteiger partial charge in [0, 0.05) is 46.3 Å². The third kappa shape index (κ3) is 3.10. The van der Waals surface area contributed by atoms with Crippen LogP contribution in [-0.2, 0) is 111 Å². The van der Waals surface area contributed by atoms with E-state index in [0.717, 1.165) is 9.80 Å². The van der Waals surface area contributed by atoms with Crippen LogP contribution in [0.1, 0.15) is 6.92 Å². The minimum Gasteiger partial charge on any atom is -0.593 e. The van der Waals surface area contributed by atoms with Gasteiger partial charge in [-0.15, -0.1) is 0 Å². The Hall–Kier alpha value is -3.37. The Morgan fingerprint density at radius 2 is 0.737 bits per heavy atom. The van der Waals surface area contributed by atoms with Crippen LogP contribution in [0.15, 0.2) is 0 Å². The molecule has 12 amide bonds. The zero-order valence-corrected chi connectivity index (χ0v) is 24.5. The van der Waals surface area contributed by atoms with Gasteiger partial charge >= 0.3 is 21.1 Å². The van der Waals surface area contributed by atoms with Crippen LogP contribution in [0.4, 0.5) is 0 Å². The summed E-state index contributed by atoms with van der Waals surface area (Å²) < 4.78 is 0. The fraction of sp³-hybridized carbons (Fsp3) is 0.333. The molecule has 6 rings (SSSR count). The molecule has 38 heavy (non-hydrogen) atoms. The number of hydrogen-bond donors (Lipinski definition) is 0. The smallest absolute Gasteiger partial charge is 0.593 e. The van der Waals surface area contributed by atoms with Crippen LogP contribution in [0.2, 0.25) is 0 Å². The van der Waals surface area contributed by atoms with Gasteiger partial charge in [0.05, 0.1) is 47.3 Å². The van der Waals surface area contributed by atoms with Crippen molar-refractivity contribution in [3.8, 4) is 0 Å². The fourth-order valence-corrected chi connectivity index (χ4v) is 3.75. The number of imide groups is 6. The van der Waals surface area contributed by atoms with Gasteiger partial charge in [-0.25, -0.2) is 0 Å². The standard InChI is InChI=1S/C7H6N2O4.C6H4N2O4.C5H2N2O4.W.Y/c1-2-9-5(12)7(6(9)13)3(10)8-4(7)11;1-8-4(11)6(5(8)12)2(9)7-3(6)10;8-1-5(2(9)6-1)3(10)7-4(5)11;;/h2H2,1H3,(H,8,10,11);1H3,(H,7,9,10);(H2,6,7,8,9,10,11);;/q;;;+2;/p-4. The molecule has 193 valence electrons. The fourth-order valence-electron chi connectivity index (χ4n) is 3.75. The zero-order chi connectivity index (χ0) is 27.1. The van der Waals surface area contributed by atoms with Crippen molar-refractivity contribution in [1.29, 1.82) is 0 Å². The van der Waals surface area contributed by atoms with Gasteiger partial charge in [0.2, 0.25) is 10.8 Å². The molecule has 0 N–H and O–H groups in total. The molecule has 18 nitrogen and oxygen atoms in total. The van der Waals surface area contributed by atoms with Crippen LogP contribution in [0, 0.1) is 16.2 Å². The summed E-state index contributed by atoms with van der Waals surface area (Å²) in [5.41, 5.74) is -6.20. The number of amides is 12. The number of hydrogen-bond acceptors (Lipinski definition) is 12. The number of likely N-dealkylation sites (tertiary alicyclic amines) is 2. The van der Waals surface area contributed by atoms with Gasteiger partial charge in [0.1, 0.15) is 5.41 Å². The summed E-state index contributed by atoms with van der Waals surface area (Å²) in [7, 11) is 1.22. The normalized spacial score (nSPS) is 23.6. The first kappa shape index (κ1) is 30.9. The van der Waals surface area contributed by atoms with Crippen molar-refractivity contribution in [2.75, 3.05) is 13.6 Å². The third-order valence-corrected chi connectivity index (χ3v) is 6.08. The molecule has 6 aliphatic heterocycles. The van der Waals surface area contributed by atoms with Crippen molar-refractivity contribution >= 4 is 70.9 Å². The van der Waals surface area contributed by atoms with Gasteiger partial charge in [-0.1, -0.05) is 0 Å². The maximum atomic E-state index is 11.2. The van der Waals surface area contributed by atoms with Crippen molar-refractivity contribution in [2.24, 2.45) is 16.2 Å². The molecule has 0 aromatic heterocycles. The van der Waals surface area contributed by atoms with Crippen molar-refractivity contribution in [3.05, 3.63) is 21.3 Å². The summed E-state index contributed by atoms with van der Waals surface area (Å²) in [6.07, 6.45) is 0. The molecule has 6 fully saturated rings. The summed E-state index contributed by atoms with van der Waals surface area (Å²) in [6.45, 7) is 1.77. The minimum atomic E-state index is -2.11. The Morgan fingerprint density at radius 1 is 0.500 bits per heavy atom. The molecular weight excluding hydrogens is 765 g/mol. The maximum absolute atomic E-state index is 11.2. The Bertz CT molecular complexity index is 1230. The maximum Gasteiger partial charge on any atom is 2.00 e. The number of rotatable bonds is 1. The van der Waals surface area contributed by atoms with Gasteiger partial charge in [-0.05, 0) is 6.92 Å². The van der Waals surface area contributed by atoms with Crippen LogP contribution in [0.25, 0.3) is 21.3 Å². The summed E-state index contributed by atoms with van der Waals surface area (Å²) in [5.74, 6) is -10.6. The number of carbonyl (C=O) groups is 12. The molecule has 0 aromatic rings. The second-order valence-corrected chi connectivity index (χ2v) is 7.66. The molecule has 0 bridgehead atoms. The molecule has 3 spiro atoms. The van der Waals surface area contributed by atoms with Crippen molar-refractivity contribution < 1.29 is 111 Å². The van der Waals surface area contributed by atoms with Gasteiger partial charge in [-0.3, -0.25) is 29.0 Å². The van der Waals surface area contributed by atoms with E-state index in [1.165, 1.54) is 7.05 Å². The number of β-lactam (4-membered cyclic amide) rings is 12. The van der Waals surface area contributed by atoms with Crippen LogP contribution in [0.3, 0.4) is 0 Å². The van der Waals surface area contributed by atoms with Gasteiger partial charge in [0.25, 0.3) is 23.6 Å². The van der Waals surface area contributed by atoms with Gasteiger partial charge in [0.15, 0.2) is 0 Å². The average molecular weight is 773 g/mol. The molecule has 6 heterocycles. The number of nitrogens with zero attached hydrogens (tertiary/aromatic N) is 6. The molecule has 0 saturated carbocycles. The largest absolute Gasteiger partial charge is 2.00 e.